The van der Waals surface area contributed by atoms with Crippen LogP contribution in [-0.4, -0.2) is 48.8 Å². The van der Waals surface area contributed by atoms with Crippen LogP contribution in [0.15, 0.2) is 18.2 Å². The zero-order valence-electron chi connectivity index (χ0n) is 14.6. The smallest absolute Gasteiger partial charge is 0.349 e. The van der Waals surface area contributed by atoms with Crippen LogP contribution < -0.4 is 0 Å². The van der Waals surface area contributed by atoms with Gasteiger partial charge in [-0.2, -0.15) is 26.3 Å². The van der Waals surface area contributed by atoms with Gasteiger partial charge in [0.1, 0.15) is 0 Å². The number of carbonyl (C=O) groups excluding carboxylic acids is 2. The molecule has 1 saturated heterocycles. The van der Waals surface area contributed by atoms with Crippen LogP contribution in [-0.2, 0) is 17.1 Å². The molecule has 1 atom stereocenters. The molecule has 1 aromatic rings. The fourth-order valence-corrected chi connectivity index (χ4v) is 2.99. The SMILES string of the molecule is CN(C)C(=O)C1CCCN(C(=O)c2cc(C(F)(F)F)cc(C(F)(F)F)c2)C1. The summed E-state index contributed by atoms with van der Waals surface area (Å²) in [5.74, 6) is -1.74. The number of halogens is 6. The van der Waals surface area contributed by atoms with E-state index in [9.17, 15) is 35.9 Å². The maximum Gasteiger partial charge on any atom is 0.416 e. The Bertz CT molecular complexity index is 695. The van der Waals surface area contributed by atoms with Gasteiger partial charge in [-0.1, -0.05) is 0 Å². The lowest BCUT2D eigenvalue weighted by atomic mass is 9.95. The number of piperidine rings is 1. The standard InChI is InChI=1S/C17H18F6N2O2/c1-24(2)14(26)10-4-3-5-25(9-10)15(27)11-6-12(16(18,19)20)8-13(7-11)17(21,22)23/h6-8,10H,3-5,9H2,1-2H3. The first-order valence-electron chi connectivity index (χ1n) is 8.10. The summed E-state index contributed by atoms with van der Waals surface area (Å²) in [4.78, 5) is 27.1. The maximum absolute atomic E-state index is 13.0. The first-order valence-corrected chi connectivity index (χ1v) is 8.10. The number of hydrogen-bond acceptors (Lipinski definition) is 2. The molecule has 27 heavy (non-hydrogen) atoms. The molecule has 1 fully saturated rings. The van der Waals surface area contributed by atoms with Crippen LogP contribution in [0.3, 0.4) is 0 Å². The molecule has 10 heteroatoms. The zero-order chi connectivity index (χ0) is 20.6. The lowest BCUT2D eigenvalue weighted by molar-refractivity contribution is -0.143. The van der Waals surface area contributed by atoms with E-state index >= 15 is 0 Å². The molecule has 1 aliphatic heterocycles. The minimum absolute atomic E-state index is 0.0225. The van der Waals surface area contributed by atoms with E-state index in [0.29, 0.717) is 25.0 Å². The lowest BCUT2D eigenvalue weighted by Gasteiger charge is -2.33. The summed E-state index contributed by atoms with van der Waals surface area (Å²) in [5.41, 5.74) is -3.78. The number of amides is 2. The Labute approximate surface area is 151 Å². The van der Waals surface area contributed by atoms with Gasteiger partial charge in [-0.25, -0.2) is 0 Å². The summed E-state index contributed by atoms with van der Waals surface area (Å²) < 4.78 is 77.7. The van der Waals surface area contributed by atoms with Gasteiger partial charge in [-0.3, -0.25) is 9.59 Å². The summed E-state index contributed by atoms with van der Waals surface area (Å²) in [6, 6.07) is 0.801. The van der Waals surface area contributed by atoms with E-state index in [-0.39, 0.29) is 25.1 Å². The largest absolute Gasteiger partial charge is 0.416 e. The summed E-state index contributed by atoms with van der Waals surface area (Å²) in [5, 5.41) is 0. The Morgan fingerprint density at radius 1 is 1.00 bits per heavy atom. The predicted molar refractivity (Wildman–Crippen MR) is 83.8 cm³/mol. The van der Waals surface area contributed by atoms with E-state index in [1.54, 1.807) is 0 Å². The fourth-order valence-electron chi connectivity index (χ4n) is 2.99. The van der Waals surface area contributed by atoms with Crippen LogP contribution in [0.5, 0.6) is 0 Å². The minimum Gasteiger partial charge on any atom is -0.349 e. The molecule has 0 saturated carbocycles. The van der Waals surface area contributed by atoms with E-state index in [1.807, 2.05) is 0 Å². The quantitative estimate of drug-likeness (QED) is 0.716. The van der Waals surface area contributed by atoms with Crippen molar-refractivity contribution in [1.29, 1.82) is 0 Å². The molecule has 1 aliphatic rings. The molecule has 1 aromatic carbocycles. The van der Waals surface area contributed by atoms with Crippen molar-refractivity contribution in [2.24, 2.45) is 5.92 Å². The van der Waals surface area contributed by atoms with Crippen molar-refractivity contribution in [2.45, 2.75) is 25.2 Å². The molecule has 0 radical (unpaired) electrons. The van der Waals surface area contributed by atoms with Crippen LogP contribution in [0.1, 0.15) is 34.3 Å². The van der Waals surface area contributed by atoms with Crippen LogP contribution in [0, 0.1) is 5.92 Å². The van der Waals surface area contributed by atoms with Crippen molar-refractivity contribution in [3.8, 4) is 0 Å². The molecule has 4 nitrogen and oxygen atoms in total. The van der Waals surface area contributed by atoms with Crippen molar-refractivity contribution < 1.29 is 35.9 Å². The topological polar surface area (TPSA) is 40.6 Å². The first-order chi connectivity index (χ1) is 12.3. The summed E-state index contributed by atoms with van der Waals surface area (Å²) in [6.45, 7) is 0.112. The Morgan fingerprint density at radius 2 is 1.52 bits per heavy atom. The van der Waals surface area contributed by atoms with Crippen LogP contribution in [0.25, 0.3) is 0 Å². The molecule has 0 spiro atoms. The van der Waals surface area contributed by atoms with Crippen molar-refractivity contribution in [3.63, 3.8) is 0 Å². The number of benzene rings is 1. The Kier molecular flexibility index (Phi) is 5.77. The molecule has 0 N–H and O–H groups in total. The summed E-state index contributed by atoms with van der Waals surface area (Å²) >= 11 is 0. The Hall–Kier alpha value is -2.26. The Morgan fingerprint density at radius 3 is 1.96 bits per heavy atom. The normalized spacial score (nSPS) is 18.4. The molecular formula is C17H18F6N2O2. The summed E-state index contributed by atoms with van der Waals surface area (Å²) in [7, 11) is 3.07. The van der Waals surface area contributed by atoms with Crippen molar-refractivity contribution >= 4 is 11.8 Å². The molecule has 150 valence electrons. The van der Waals surface area contributed by atoms with E-state index in [0.717, 1.165) is 4.90 Å². The van der Waals surface area contributed by atoms with Crippen LogP contribution >= 0.6 is 0 Å². The number of alkyl halides is 6. The average molecular weight is 396 g/mol. The van der Waals surface area contributed by atoms with Crippen molar-refractivity contribution in [2.75, 3.05) is 27.2 Å². The van der Waals surface area contributed by atoms with E-state index in [2.05, 4.69) is 0 Å². The number of nitrogens with zero attached hydrogens (tertiary/aromatic N) is 2. The van der Waals surface area contributed by atoms with E-state index in [4.69, 9.17) is 0 Å². The average Bonchev–Trinajstić information content (AvgIpc) is 2.58. The molecule has 0 bridgehead atoms. The maximum atomic E-state index is 13.0. The number of rotatable bonds is 2. The van der Waals surface area contributed by atoms with Gasteiger partial charge in [-0.15, -0.1) is 0 Å². The molecule has 0 aromatic heterocycles. The van der Waals surface area contributed by atoms with Gasteiger partial charge >= 0.3 is 12.4 Å². The molecule has 1 heterocycles. The molecule has 1 unspecified atom stereocenters. The minimum atomic E-state index is -5.03. The molecular weight excluding hydrogens is 378 g/mol. The zero-order valence-corrected chi connectivity index (χ0v) is 14.6. The third kappa shape index (κ3) is 4.92. The highest BCUT2D eigenvalue weighted by Gasteiger charge is 2.38. The Balaban J connectivity index is 2.36. The highest BCUT2D eigenvalue weighted by Crippen LogP contribution is 2.36. The number of hydrogen-bond donors (Lipinski definition) is 0. The van der Waals surface area contributed by atoms with E-state index in [1.165, 1.54) is 19.0 Å². The van der Waals surface area contributed by atoms with Gasteiger partial charge in [0.05, 0.1) is 17.0 Å². The number of likely N-dealkylation sites (tertiary alicyclic amines) is 1. The second-order valence-corrected chi connectivity index (χ2v) is 6.62. The monoisotopic (exact) mass is 396 g/mol. The third-order valence-electron chi connectivity index (χ3n) is 4.33. The summed E-state index contributed by atoms with van der Waals surface area (Å²) in [6.07, 6.45) is -9.12. The molecule has 0 aliphatic carbocycles. The van der Waals surface area contributed by atoms with Gasteiger partial charge in [0.25, 0.3) is 5.91 Å². The second-order valence-electron chi connectivity index (χ2n) is 6.62. The highest BCUT2D eigenvalue weighted by atomic mass is 19.4. The predicted octanol–water partition coefficient (Wildman–Crippen LogP) is 3.66. The van der Waals surface area contributed by atoms with Crippen LogP contribution in [0.2, 0.25) is 0 Å². The van der Waals surface area contributed by atoms with Crippen molar-refractivity contribution in [3.05, 3.63) is 34.9 Å². The first kappa shape index (κ1) is 21.0. The van der Waals surface area contributed by atoms with Gasteiger partial charge < -0.3 is 9.80 Å². The fraction of sp³-hybridized carbons (Fsp3) is 0.529. The van der Waals surface area contributed by atoms with Gasteiger partial charge in [0.2, 0.25) is 5.91 Å². The molecule has 2 rings (SSSR count). The van der Waals surface area contributed by atoms with Gasteiger partial charge in [0, 0.05) is 32.7 Å². The number of carbonyl (C=O) groups is 2. The molecule has 2 amide bonds. The van der Waals surface area contributed by atoms with E-state index < -0.39 is 40.9 Å². The second kappa shape index (κ2) is 7.40. The van der Waals surface area contributed by atoms with Crippen molar-refractivity contribution in [1.82, 2.24) is 9.80 Å². The highest BCUT2D eigenvalue weighted by molar-refractivity contribution is 5.95. The lowest BCUT2D eigenvalue weighted by Crippen LogP contribution is -2.45. The van der Waals surface area contributed by atoms with Gasteiger partial charge in [-0.05, 0) is 31.0 Å². The third-order valence-corrected chi connectivity index (χ3v) is 4.33. The van der Waals surface area contributed by atoms with Gasteiger partial charge in [0.15, 0.2) is 0 Å². The van der Waals surface area contributed by atoms with Crippen LogP contribution in [0.4, 0.5) is 26.3 Å².